The second-order valence-electron chi connectivity index (χ2n) is 5.34. The molecule has 138 valence electrons. The Kier molecular flexibility index (Phi) is 6.09. The molecule has 0 spiro atoms. The Hall–Kier alpha value is -2.75. The summed E-state index contributed by atoms with van der Waals surface area (Å²) in [4.78, 5) is 28.0. The first kappa shape index (κ1) is 19.6. The predicted molar refractivity (Wildman–Crippen MR) is 97.1 cm³/mol. The molecule has 0 fully saturated rings. The fraction of sp³-hybridized carbons (Fsp3) is 0.176. The van der Waals surface area contributed by atoms with Crippen molar-refractivity contribution >= 4 is 33.2 Å². The molecule has 2 aromatic carbocycles. The number of carbonyl (C=O) groups is 2. The number of amides is 2. The highest BCUT2D eigenvalue weighted by atomic mass is 32.2. The Balaban J connectivity index is 2.18. The van der Waals surface area contributed by atoms with Crippen LogP contribution in [0.1, 0.15) is 17.3 Å². The van der Waals surface area contributed by atoms with Crippen LogP contribution in [0.2, 0.25) is 0 Å². The van der Waals surface area contributed by atoms with E-state index >= 15 is 0 Å². The molecule has 8 nitrogen and oxygen atoms in total. The second kappa shape index (κ2) is 8.09. The average molecular weight is 377 g/mol. The van der Waals surface area contributed by atoms with Gasteiger partial charge in [0.15, 0.2) is 0 Å². The SMILES string of the molecule is CON(C)S(=O)(=O)c1cccc(C(=O)Nc2ccc(NC(C)=O)cc2)c1. The number of benzene rings is 2. The summed E-state index contributed by atoms with van der Waals surface area (Å²) in [6.45, 7) is 1.40. The van der Waals surface area contributed by atoms with E-state index in [1.54, 1.807) is 24.3 Å². The zero-order chi connectivity index (χ0) is 19.3. The third-order valence-corrected chi connectivity index (χ3v) is 5.13. The number of rotatable bonds is 6. The molecule has 0 saturated heterocycles. The quantitative estimate of drug-likeness (QED) is 0.750. The van der Waals surface area contributed by atoms with Crippen LogP contribution in [-0.4, -0.2) is 38.9 Å². The number of carbonyl (C=O) groups excluding carboxylic acids is 2. The van der Waals surface area contributed by atoms with Crippen LogP contribution in [0.3, 0.4) is 0 Å². The van der Waals surface area contributed by atoms with Gasteiger partial charge in [-0.2, -0.15) is 0 Å². The van der Waals surface area contributed by atoms with Crippen molar-refractivity contribution in [3.8, 4) is 0 Å². The molecule has 2 rings (SSSR count). The minimum Gasteiger partial charge on any atom is -0.326 e. The van der Waals surface area contributed by atoms with Crippen LogP contribution in [0.15, 0.2) is 53.4 Å². The number of nitrogens with zero attached hydrogens (tertiary/aromatic N) is 1. The summed E-state index contributed by atoms with van der Waals surface area (Å²) in [5.74, 6) is -0.657. The van der Waals surface area contributed by atoms with E-state index in [0.29, 0.717) is 15.8 Å². The molecule has 2 N–H and O–H groups in total. The summed E-state index contributed by atoms with van der Waals surface area (Å²) in [6, 6.07) is 12.2. The van der Waals surface area contributed by atoms with Gasteiger partial charge in [0.25, 0.3) is 15.9 Å². The van der Waals surface area contributed by atoms with Crippen LogP contribution >= 0.6 is 0 Å². The van der Waals surface area contributed by atoms with Crippen molar-refractivity contribution in [2.75, 3.05) is 24.8 Å². The van der Waals surface area contributed by atoms with Crippen LogP contribution in [0, 0.1) is 0 Å². The molecule has 0 bridgehead atoms. The summed E-state index contributed by atoms with van der Waals surface area (Å²) < 4.78 is 25.2. The van der Waals surface area contributed by atoms with Crippen LogP contribution in [-0.2, 0) is 19.7 Å². The minimum atomic E-state index is -3.84. The molecule has 0 aliphatic carbocycles. The predicted octanol–water partition coefficient (Wildman–Crippen LogP) is 2.08. The lowest BCUT2D eigenvalue weighted by Crippen LogP contribution is -2.26. The maximum absolute atomic E-state index is 12.4. The van der Waals surface area contributed by atoms with Gasteiger partial charge in [0.05, 0.1) is 12.0 Å². The zero-order valence-corrected chi connectivity index (χ0v) is 15.3. The molecule has 0 aromatic heterocycles. The standard InChI is InChI=1S/C17H19N3O5S/c1-12(21)18-14-7-9-15(10-8-14)19-17(22)13-5-4-6-16(11-13)26(23,24)20(2)25-3/h4-11H,1-3H3,(H,18,21)(H,19,22). The molecule has 9 heteroatoms. The highest BCUT2D eigenvalue weighted by Crippen LogP contribution is 2.18. The van der Waals surface area contributed by atoms with E-state index < -0.39 is 15.9 Å². The number of hydrogen-bond acceptors (Lipinski definition) is 5. The van der Waals surface area contributed by atoms with E-state index in [9.17, 15) is 18.0 Å². The smallest absolute Gasteiger partial charge is 0.264 e. The maximum Gasteiger partial charge on any atom is 0.264 e. The summed E-state index contributed by atoms with van der Waals surface area (Å²) >= 11 is 0. The number of sulfonamides is 1. The number of anilines is 2. The van der Waals surface area contributed by atoms with Gasteiger partial charge in [0, 0.05) is 30.9 Å². The molecule has 0 radical (unpaired) electrons. The van der Waals surface area contributed by atoms with E-state index in [2.05, 4.69) is 10.6 Å². The lowest BCUT2D eigenvalue weighted by atomic mass is 10.2. The van der Waals surface area contributed by atoms with Crippen LogP contribution in [0.5, 0.6) is 0 Å². The van der Waals surface area contributed by atoms with E-state index in [1.807, 2.05) is 0 Å². The third-order valence-electron chi connectivity index (χ3n) is 3.45. The van der Waals surface area contributed by atoms with E-state index in [4.69, 9.17) is 4.84 Å². The fourth-order valence-corrected chi connectivity index (χ4v) is 3.11. The largest absolute Gasteiger partial charge is 0.326 e. The van der Waals surface area contributed by atoms with E-state index in [1.165, 1.54) is 45.3 Å². The Morgan fingerprint density at radius 2 is 1.58 bits per heavy atom. The summed E-state index contributed by atoms with van der Waals surface area (Å²) in [5.41, 5.74) is 1.29. The van der Waals surface area contributed by atoms with Crippen LogP contribution in [0.4, 0.5) is 11.4 Å². The Morgan fingerprint density at radius 1 is 1.00 bits per heavy atom. The third kappa shape index (κ3) is 4.66. The number of hydroxylamine groups is 1. The lowest BCUT2D eigenvalue weighted by Gasteiger charge is -2.14. The van der Waals surface area contributed by atoms with Gasteiger partial charge in [0.2, 0.25) is 5.91 Å². The minimum absolute atomic E-state index is 0.0597. The van der Waals surface area contributed by atoms with Gasteiger partial charge in [-0.1, -0.05) is 10.5 Å². The maximum atomic E-state index is 12.4. The van der Waals surface area contributed by atoms with Crippen molar-refractivity contribution in [2.24, 2.45) is 0 Å². The highest BCUT2D eigenvalue weighted by Gasteiger charge is 2.21. The molecule has 26 heavy (non-hydrogen) atoms. The van der Waals surface area contributed by atoms with Gasteiger partial charge < -0.3 is 10.6 Å². The molecule has 0 aliphatic heterocycles. The van der Waals surface area contributed by atoms with Gasteiger partial charge in [-0.05, 0) is 42.5 Å². The first-order valence-electron chi connectivity index (χ1n) is 7.56. The fourth-order valence-electron chi connectivity index (χ4n) is 2.09. The van der Waals surface area contributed by atoms with Gasteiger partial charge in [-0.25, -0.2) is 8.42 Å². The van der Waals surface area contributed by atoms with Gasteiger partial charge in [-0.15, -0.1) is 0 Å². The van der Waals surface area contributed by atoms with Gasteiger partial charge >= 0.3 is 0 Å². The van der Waals surface area contributed by atoms with Crippen molar-refractivity contribution in [2.45, 2.75) is 11.8 Å². The summed E-state index contributed by atoms with van der Waals surface area (Å²) in [5, 5.41) is 5.29. The normalized spacial score (nSPS) is 11.2. The van der Waals surface area contributed by atoms with Crippen LogP contribution < -0.4 is 10.6 Å². The monoisotopic (exact) mass is 377 g/mol. The topological polar surface area (TPSA) is 105 Å². The average Bonchev–Trinajstić information content (AvgIpc) is 2.62. The zero-order valence-electron chi connectivity index (χ0n) is 14.5. The highest BCUT2D eigenvalue weighted by molar-refractivity contribution is 7.89. The van der Waals surface area contributed by atoms with E-state index in [-0.39, 0.29) is 16.4 Å². The van der Waals surface area contributed by atoms with Crippen molar-refractivity contribution in [3.05, 3.63) is 54.1 Å². The first-order valence-corrected chi connectivity index (χ1v) is 9.00. The Bertz CT molecular complexity index is 910. The van der Waals surface area contributed by atoms with Crippen molar-refractivity contribution < 1.29 is 22.8 Å². The molecule has 0 saturated carbocycles. The molecular weight excluding hydrogens is 358 g/mol. The van der Waals surface area contributed by atoms with Crippen molar-refractivity contribution in [3.63, 3.8) is 0 Å². The Morgan fingerprint density at radius 3 is 2.12 bits per heavy atom. The molecule has 0 unspecified atom stereocenters. The molecule has 0 aliphatic rings. The summed E-state index contributed by atoms with van der Waals surface area (Å²) in [6.07, 6.45) is 0. The molecule has 2 amide bonds. The van der Waals surface area contributed by atoms with Crippen LogP contribution in [0.25, 0.3) is 0 Å². The van der Waals surface area contributed by atoms with E-state index in [0.717, 1.165) is 0 Å². The number of nitrogens with one attached hydrogen (secondary N) is 2. The first-order chi connectivity index (χ1) is 12.2. The van der Waals surface area contributed by atoms with Gasteiger partial charge in [-0.3, -0.25) is 14.4 Å². The van der Waals surface area contributed by atoms with Gasteiger partial charge in [0.1, 0.15) is 0 Å². The van der Waals surface area contributed by atoms with Crippen molar-refractivity contribution in [1.29, 1.82) is 0 Å². The lowest BCUT2D eigenvalue weighted by molar-refractivity contribution is -0.114. The molecule has 2 aromatic rings. The second-order valence-corrected chi connectivity index (χ2v) is 7.27. The molecule has 0 heterocycles. The van der Waals surface area contributed by atoms with Crippen molar-refractivity contribution in [1.82, 2.24) is 4.47 Å². The Labute approximate surface area is 151 Å². The summed E-state index contributed by atoms with van der Waals surface area (Å²) in [7, 11) is -1.35. The molecule has 0 atom stereocenters. The molecular formula is C17H19N3O5S. The number of hydrogen-bond donors (Lipinski definition) is 2.